The lowest BCUT2D eigenvalue weighted by atomic mass is 10.0. The molecule has 0 aliphatic carbocycles. The number of fused-ring (bicyclic) bond motifs is 2. The van der Waals surface area contributed by atoms with Crippen molar-refractivity contribution in [2.75, 3.05) is 45.6 Å². The van der Waals surface area contributed by atoms with Crippen LogP contribution in [0.15, 0.2) is 24.3 Å². The molecule has 18 heteroatoms. The van der Waals surface area contributed by atoms with E-state index in [1.54, 1.807) is 4.90 Å². The van der Waals surface area contributed by atoms with Crippen LogP contribution in [0.3, 0.4) is 0 Å². The molecule has 5 atom stereocenters. The number of amides is 3. The fourth-order valence-corrected chi connectivity index (χ4v) is 8.84. The summed E-state index contributed by atoms with van der Waals surface area (Å²) in [7, 11) is -4.09. The Morgan fingerprint density at radius 3 is 2.58 bits per heavy atom. The van der Waals surface area contributed by atoms with Crippen LogP contribution < -0.4 is 10.6 Å². The highest BCUT2D eigenvalue weighted by atomic mass is 32.2. The molecule has 276 valence electrons. The molecule has 4 rings (SSSR count). The van der Waals surface area contributed by atoms with Crippen molar-refractivity contribution < 1.29 is 51.5 Å². The van der Waals surface area contributed by atoms with E-state index in [9.17, 15) is 42.2 Å². The number of benzene rings is 1. The molecule has 50 heavy (non-hydrogen) atoms. The highest BCUT2D eigenvalue weighted by Gasteiger charge is 2.52. The summed E-state index contributed by atoms with van der Waals surface area (Å²) in [6.07, 6.45) is 1.80. The minimum absolute atomic E-state index is 0.0571. The first-order valence-corrected chi connectivity index (χ1v) is 19.7. The average Bonchev–Trinajstić information content (AvgIpc) is 3.70. The fourth-order valence-electron chi connectivity index (χ4n) is 6.26. The van der Waals surface area contributed by atoms with Crippen molar-refractivity contribution in [1.29, 1.82) is 0 Å². The third-order valence-corrected chi connectivity index (χ3v) is 12.4. The van der Waals surface area contributed by atoms with Gasteiger partial charge in [-0.05, 0) is 62.7 Å². The van der Waals surface area contributed by atoms with Crippen LogP contribution in [0.4, 0.5) is 8.78 Å². The summed E-state index contributed by atoms with van der Waals surface area (Å²) in [6.45, 7) is 5.94. The number of carbonyl (C=O) groups excluding carboxylic acids is 5. The molecule has 1 aromatic heterocycles. The Morgan fingerprint density at radius 1 is 1.18 bits per heavy atom. The number of thiophene rings is 1. The molecule has 2 aromatic rings. The first-order valence-electron chi connectivity index (χ1n) is 16.4. The van der Waals surface area contributed by atoms with Crippen LogP contribution in [-0.2, 0) is 38.7 Å². The van der Waals surface area contributed by atoms with E-state index in [2.05, 4.69) is 20.1 Å². The van der Waals surface area contributed by atoms with Gasteiger partial charge < -0.3 is 34.6 Å². The summed E-state index contributed by atoms with van der Waals surface area (Å²) in [4.78, 5) is 78.5. The van der Waals surface area contributed by atoms with Crippen LogP contribution >= 0.6 is 30.7 Å². The van der Waals surface area contributed by atoms with Crippen LogP contribution in [0.5, 0.6) is 0 Å². The van der Waals surface area contributed by atoms with Gasteiger partial charge in [0.2, 0.25) is 11.8 Å². The molecule has 0 saturated carbocycles. The van der Waals surface area contributed by atoms with E-state index >= 15 is 0 Å². The van der Waals surface area contributed by atoms with Gasteiger partial charge in [0.25, 0.3) is 5.91 Å². The number of alkyl halides is 2. The monoisotopic (exact) mass is 760 g/mol. The summed E-state index contributed by atoms with van der Waals surface area (Å²) < 4.78 is 51.6. The highest BCUT2D eigenvalue weighted by Crippen LogP contribution is 2.63. The first kappa shape index (κ1) is 39.8. The molecule has 2 aliphatic heterocycles. The van der Waals surface area contributed by atoms with Crippen molar-refractivity contribution in [3.8, 4) is 0 Å². The zero-order valence-electron chi connectivity index (χ0n) is 28.3. The minimum atomic E-state index is -5.30. The summed E-state index contributed by atoms with van der Waals surface area (Å²) in [5.74, 6) is -2.40. The van der Waals surface area contributed by atoms with Gasteiger partial charge in [0.05, 0.1) is 24.5 Å². The highest BCUT2D eigenvalue weighted by molar-refractivity contribution is 8.13. The zero-order valence-corrected chi connectivity index (χ0v) is 30.8. The average molecular weight is 761 g/mol. The standard InChI is InChI=1S/C32H43F2N4O9PS2/c1-5-37-13-11-23-8-9-25(28(40)36-24(31(43)46-4)12-14-49-19(3)39)38(23)30(42)21(18-37)17-35-29(41)27-16-20-15-22(7-10-26(20)50-27)32(33,34)48(44,45)47-6-2/h7,10,15-16,21,23-25H,5-6,8-9,11-14,17-18H2,1-4H3,(H,35,41)(H,36,40)(H,44,45)/t21?,23-,24?,25+/m1/s1. The van der Waals surface area contributed by atoms with E-state index in [1.807, 2.05) is 6.92 Å². The topological polar surface area (TPSA) is 172 Å². The zero-order chi connectivity index (χ0) is 36.8. The summed E-state index contributed by atoms with van der Waals surface area (Å²) in [5.41, 5.74) is -4.89. The van der Waals surface area contributed by atoms with Gasteiger partial charge in [0, 0.05) is 48.6 Å². The van der Waals surface area contributed by atoms with Crippen molar-refractivity contribution in [1.82, 2.24) is 20.4 Å². The Balaban J connectivity index is 1.49. The Morgan fingerprint density at radius 2 is 1.92 bits per heavy atom. The molecule has 1 aromatic carbocycles. The van der Waals surface area contributed by atoms with Crippen molar-refractivity contribution >= 4 is 69.6 Å². The van der Waals surface area contributed by atoms with Gasteiger partial charge in [-0.2, -0.15) is 8.78 Å². The second-order valence-electron chi connectivity index (χ2n) is 12.1. The Labute approximate surface area is 297 Å². The largest absolute Gasteiger partial charge is 0.467 e. The van der Waals surface area contributed by atoms with Crippen LogP contribution in [0, 0.1) is 5.92 Å². The lowest BCUT2D eigenvalue weighted by Gasteiger charge is -2.38. The van der Waals surface area contributed by atoms with Gasteiger partial charge in [-0.15, -0.1) is 11.3 Å². The fraction of sp³-hybridized carbons (Fsp3) is 0.594. The van der Waals surface area contributed by atoms with E-state index in [0.717, 1.165) is 35.2 Å². The molecule has 3 N–H and O–H groups in total. The number of esters is 1. The molecule has 2 fully saturated rings. The van der Waals surface area contributed by atoms with E-state index in [-0.39, 0.29) is 46.9 Å². The van der Waals surface area contributed by atoms with Gasteiger partial charge in [-0.1, -0.05) is 24.8 Å². The van der Waals surface area contributed by atoms with Gasteiger partial charge in [-0.25, -0.2) is 4.79 Å². The van der Waals surface area contributed by atoms with E-state index in [0.29, 0.717) is 49.3 Å². The van der Waals surface area contributed by atoms with Crippen LogP contribution in [0.2, 0.25) is 0 Å². The van der Waals surface area contributed by atoms with Gasteiger partial charge in [0.1, 0.15) is 12.1 Å². The molecule has 0 radical (unpaired) electrons. The molecule has 2 saturated heterocycles. The van der Waals surface area contributed by atoms with E-state index < -0.39 is 54.6 Å². The Bertz CT molecular complexity index is 1640. The molecule has 3 amide bonds. The molecule has 2 aliphatic rings. The maximum atomic E-state index is 14.8. The summed E-state index contributed by atoms with van der Waals surface area (Å²) >= 11 is 2.07. The van der Waals surface area contributed by atoms with Crippen LogP contribution in [0.1, 0.15) is 61.7 Å². The number of halogens is 2. The SMILES string of the molecule is CCOP(=O)(O)C(F)(F)c1ccc2sc(C(=O)NCC3CN(CC)CC[C@H]4CC[C@@H](C(=O)NC(CCSC(C)=O)C(=O)OC)N4C3=O)cc2c1. The number of hydrogen-bond acceptors (Lipinski definition) is 11. The second-order valence-corrected chi connectivity index (χ2v) is 16.4. The minimum Gasteiger partial charge on any atom is -0.467 e. The lowest BCUT2D eigenvalue weighted by molar-refractivity contribution is -0.148. The quantitative estimate of drug-likeness (QED) is 0.188. The van der Waals surface area contributed by atoms with Crippen molar-refractivity contribution in [2.45, 2.75) is 70.2 Å². The third kappa shape index (κ3) is 9.09. The van der Waals surface area contributed by atoms with Crippen molar-refractivity contribution in [2.24, 2.45) is 5.92 Å². The first-order chi connectivity index (χ1) is 23.6. The molecule has 3 heterocycles. The van der Waals surface area contributed by atoms with Crippen molar-refractivity contribution in [3.63, 3.8) is 0 Å². The van der Waals surface area contributed by atoms with Crippen LogP contribution in [-0.4, -0.2) is 107 Å². The Hall–Kier alpha value is -2.95. The molecule has 0 spiro atoms. The number of thioether (sulfide) groups is 1. The van der Waals surface area contributed by atoms with Gasteiger partial charge >= 0.3 is 19.2 Å². The normalized spacial score (nSPS) is 21.9. The number of hydrogen-bond donors (Lipinski definition) is 3. The number of carbonyl (C=O) groups is 5. The third-order valence-electron chi connectivity index (χ3n) is 8.88. The molecular weight excluding hydrogens is 717 g/mol. The predicted molar refractivity (Wildman–Crippen MR) is 185 cm³/mol. The van der Waals surface area contributed by atoms with E-state index in [1.165, 1.54) is 33.1 Å². The van der Waals surface area contributed by atoms with Gasteiger partial charge in [0.15, 0.2) is 5.12 Å². The van der Waals surface area contributed by atoms with E-state index in [4.69, 9.17) is 4.74 Å². The van der Waals surface area contributed by atoms with Gasteiger partial charge in [-0.3, -0.25) is 23.7 Å². The lowest BCUT2D eigenvalue weighted by Crippen LogP contribution is -2.57. The number of rotatable bonds is 14. The maximum absolute atomic E-state index is 14.8. The summed E-state index contributed by atoms with van der Waals surface area (Å²) in [5, 5.41) is 5.68. The summed E-state index contributed by atoms with van der Waals surface area (Å²) in [6, 6.07) is 2.77. The molecule has 13 nitrogen and oxygen atoms in total. The van der Waals surface area contributed by atoms with Crippen molar-refractivity contribution in [3.05, 3.63) is 34.7 Å². The molecular formula is C32H43F2N4O9PS2. The molecule has 0 bridgehead atoms. The number of ether oxygens (including phenoxy) is 1. The number of methoxy groups -OCH3 is 1. The van der Waals surface area contributed by atoms with Crippen LogP contribution in [0.25, 0.3) is 10.1 Å². The number of nitrogens with zero attached hydrogens (tertiary/aromatic N) is 2. The number of nitrogens with one attached hydrogen (secondary N) is 2. The maximum Gasteiger partial charge on any atom is 0.401 e. The second kappa shape index (κ2) is 17.0. The smallest absolute Gasteiger partial charge is 0.401 e. The predicted octanol–water partition coefficient (Wildman–Crippen LogP) is 3.93. The molecule has 3 unspecified atom stereocenters. The Kier molecular flexibility index (Phi) is 13.6.